The van der Waals surface area contributed by atoms with Crippen molar-refractivity contribution in [1.29, 1.82) is 0 Å². The molecule has 2 rings (SSSR count). The molecular weight excluding hydrogens is 264 g/mol. The number of nitrogens with zero attached hydrogens (tertiary/aromatic N) is 1. The SMILES string of the molecule is COC(=O)CCN1CC(C)CC(NCc2ccccc2)C1. The predicted octanol–water partition coefficient (Wildman–Crippen LogP) is 2.05. The van der Waals surface area contributed by atoms with Gasteiger partial charge in [-0.1, -0.05) is 37.3 Å². The van der Waals surface area contributed by atoms with E-state index in [4.69, 9.17) is 4.74 Å². The summed E-state index contributed by atoms with van der Waals surface area (Å²) in [7, 11) is 1.45. The number of rotatable bonds is 6. The maximum absolute atomic E-state index is 11.3. The molecule has 0 aromatic heterocycles. The maximum Gasteiger partial charge on any atom is 0.306 e. The molecule has 2 unspecified atom stereocenters. The van der Waals surface area contributed by atoms with Crippen LogP contribution in [-0.2, 0) is 16.1 Å². The van der Waals surface area contributed by atoms with Crippen molar-refractivity contribution in [2.75, 3.05) is 26.7 Å². The molecule has 1 fully saturated rings. The molecule has 116 valence electrons. The number of nitrogens with one attached hydrogen (secondary N) is 1. The quantitative estimate of drug-likeness (QED) is 0.814. The Morgan fingerprint density at radius 1 is 1.33 bits per heavy atom. The molecule has 1 aliphatic heterocycles. The molecule has 1 aromatic carbocycles. The number of carbonyl (C=O) groups excluding carboxylic acids is 1. The number of esters is 1. The number of ether oxygens (including phenoxy) is 1. The van der Waals surface area contributed by atoms with Gasteiger partial charge in [0, 0.05) is 32.2 Å². The second kappa shape index (κ2) is 8.15. The Kier molecular flexibility index (Phi) is 6.21. The lowest BCUT2D eigenvalue weighted by Gasteiger charge is -2.36. The van der Waals surface area contributed by atoms with Crippen molar-refractivity contribution in [2.24, 2.45) is 5.92 Å². The molecule has 0 spiro atoms. The second-order valence-corrected chi connectivity index (χ2v) is 5.99. The summed E-state index contributed by atoms with van der Waals surface area (Å²) < 4.78 is 4.72. The highest BCUT2D eigenvalue weighted by Crippen LogP contribution is 2.17. The third kappa shape index (κ3) is 5.48. The van der Waals surface area contributed by atoms with E-state index in [1.54, 1.807) is 0 Å². The van der Waals surface area contributed by atoms with Crippen LogP contribution in [0.15, 0.2) is 30.3 Å². The lowest BCUT2D eigenvalue weighted by molar-refractivity contribution is -0.141. The van der Waals surface area contributed by atoms with Gasteiger partial charge < -0.3 is 15.0 Å². The van der Waals surface area contributed by atoms with E-state index in [2.05, 4.69) is 41.4 Å². The van der Waals surface area contributed by atoms with Crippen LogP contribution in [0.25, 0.3) is 0 Å². The average Bonchev–Trinajstić information content (AvgIpc) is 2.51. The van der Waals surface area contributed by atoms with Crippen LogP contribution in [0.1, 0.15) is 25.3 Å². The Hall–Kier alpha value is -1.39. The summed E-state index contributed by atoms with van der Waals surface area (Å²) in [4.78, 5) is 13.6. The second-order valence-electron chi connectivity index (χ2n) is 5.99. The van der Waals surface area contributed by atoms with Crippen LogP contribution in [0, 0.1) is 5.92 Å². The average molecular weight is 290 g/mol. The molecule has 2 atom stereocenters. The van der Waals surface area contributed by atoms with E-state index in [1.807, 2.05) is 6.07 Å². The molecule has 0 bridgehead atoms. The first-order valence-corrected chi connectivity index (χ1v) is 7.74. The third-order valence-corrected chi connectivity index (χ3v) is 4.03. The van der Waals surface area contributed by atoms with E-state index in [1.165, 1.54) is 19.1 Å². The number of hydrogen-bond acceptors (Lipinski definition) is 4. The molecule has 21 heavy (non-hydrogen) atoms. The summed E-state index contributed by atoms with van der Waals surface area (Å²) in [5, 5.41) is 3.64. The van der Waals surface area contributed by atoms with Crippen LogP contribution in [-0.4, -0.2) is 43.7 Å². The fourth-order valence-corrected chi connectivity index (χ4v) is 3.00. The molecule has 0 radical (unpaired) electrons. The molecule has 1 aromatic rings. The zero-order chi connectivity index (χ0) is 15.1. The van der Waals surface area contributed by atoms with Gasteiger partial charge in [0.2, 0.25) is 0 Å². The highest BCUT2D eigenvalue weighted by Gasteiger charge is 2.24. The molecule has 1 saturated heterocycles. The normalized spacial score (nSPS) is 23.0. The van der Waals surface area contributed by atoms with Crippen molar-refractivity contribution in [3.05, 3.63) is 35.9 Å². The minimum atomic E-state index is -0.123. The lowest BCUT2D eigenvalue weighted by Crippen LogP contribution is -2.48. The van der Waals surface area contributed by atoms with Gasteiger partial charge in [-0.25, -0.2) is 0 Å². The van der Waals surface area contributed by atoms with Gasteiger partial charge in [0.05, 0.1) is 13.5 Å². The first-order valence-electron chi connectivity index (χ1n) is 7.74. The van der Waals surface area contributed by atoms with Crippen LogP contribution >= 0.6 is 0 Å². The van der Waals surface area contributed by atoms with Crippen LogP contribution in [0.3, 0.4) is 0 Å². The molecule has 4 nitrogen and oxygen atoms in total. The van der Waals surface area contributed by atoms with E-state index in [0.717, 1.165) is 26.2 Å². The van der Waals surface area contributed by atoms with E-state index < -0.39 is 0 Å². The van der Waals surface area contributed by atoms with Gasteiger partial charge in [-0.2, -0.15) is 0 Å². The molecule has 4 heteroatoms. The molecule has 1 heterocycles. The van der Waals surface area contributed by atoms with Crippen LogP contribution in [0.4, 0.5) is 0 Å². The zero-order valence-electron chi connectivity index (χ0n) is 13.0. The van der Waals surface area contributed by atoms with Crippen molar-refractivity contribution in [3.63, 3.8) is 0 Å². The van der Waals surface area contributed by atoms with Gasteiger partial charge in [0.1, 0.15) is 0 Å². The van der Waals surface area contributed by atoms with Gasteiger partial charge in [-0.15, -0.1) is 0 Å². The van der Waals surface area contributed by atoms with Crippen LogP contribution < -0.4 is 5.32 Å². The lowest BCUT2D eigenvalue weighted by atomic mass is 9.95. The fraction of sp³-hybridized carbons (Fsp3) is 0.588. The summed E-state index contributed by atoms with van der Waals surface area (Å²) in [6, 6.07) is 11.0. The molecular formula is C17H26N2O2. The fourth-order valence-electron chi connectivity index (χ4n) is 3.00. The van der Waals surface area contributed by atoms with Crippen LogP contribution in [0.2, 0.25) is 0 Å². The molecule has 0 amide bonds. The summed E-state index contributed by atoms with van der Waals surface area (Å²) >= 11 is 0. The minimum absolute atomic E-state index is 0.123. The zero-order valence-corrected chi connectivity index (χ0v) is 13.0. The summed E-state index contributed by atoms with van der Waals surface area (Å²) in [6.07, 6.45) is 1.68. The Morgan fingerprint density at radius 2 is 2.10 bits per heavy atom. The standard InChI is InChI=1S/C17H26N2O2/c1-14-10-16(18-11-15-6-4-3-5-7-15)13-19(12-14)9-8-17(20)21-2/h3-7,14,16,18H,8-13H2,1-2H3. The van der Waals surface area contributed by atoms with E-state index in [9.17, 15) is 4.79 Å². The number of likely N-dealkylation sites (tertiary alicyclic amines) is 1. The number of methoxy groups -OCH3 is 1. The number of carbonyl (C=O) groups is 1. The number of piperidine rings is 1. The Labute approximate surface area is 127 Å². The molecule has 1 aliphatic rings. The summed E-state index contributed by atoms with van der Waals surface area (Å²) in [5.41, 5.74) is 1.32. The van der Waals surface area contributed by atoms with Gasteiger partial charge in [-0.05, 0) is 17.9 Å². The van der Waals surface area contributed by atoms with Crippen molar-refractivity contribution < 1.29 is 9.53 Å². The number of benzene rings is 1. The van der Waals surface area contributed by atoms with E-state index in [-0.39, 0.29) is 5.97 Å². The van der Waals surface area contributed by atoms with Crippen molar-refractivity contribution >= 4 is 5.97 Å². The summed E-state index contributed by atoms with van der Waals surface area (Å²) in [6.45, 7) is 6.06. The Bertz CT molecular complexity index is 436. The monoisotopic (exact) mass is 290 g/mol. The third-order valence-electron chi connectivity index (χ3n) is 4.03. The Balaban J connectivity index is 1.78. The van der Waals surface area contributed by atoms with Gasteiger partial charge in [0.15, 0.2) is 0 Å². The minimum Gasteiger partial charge on any atom is -0.469 e. The smallest absolute Gasteiger partial charge is 0.306 e. The van der Waals surface area contributed by atoms with Crippen molar-refractivity contribution in [1.82, 2.24) is 10.2 Å². The highest BCUT2D eigenvalue weighted by molar-refractivity contribution is 5.69. The first-order chi connectivity index (χ1) is 10.2. The van der Waals surface area contributed by atoms with E-state index >= 15 is 0 Å². The molecule has 0 aliphatic carbocycles. The van der Waals surface area contributed by atoms with Gasteiger partial charge >= 0.3 is 5.97 Å². The Morgan fingerprint density at radius 3 is 2.81 bits per heavy atom. The maximum atomic E-state index is 11.3. The van der Waals surface area contributed by atoms with Crippen molar-refractivity contribution in [2.45, 2.75) is 32.4 Å². The topological polar surface area (TPSA) is 41.6 Å². The van der Waals surface area contributed by atoms with Crippen molar-refractivity contribution in [3.8, 4) is 0 Å². The predicted molar refractivity (Wildman–Crippen MR) is 83.9 cm³/mol. The highest BCUT2D eigenvalue weighted by atomic mass is 16.5. The van der Waals surface area contributed by atoms with Gasteiger partial charge in [0.25, 0.3) is 0 Å². The molecule has 1 N–H and O–H groups in total. The molecule has 0 saturated carbocycles. The first kappa shape index (κ1) is 16.0. The largest absolute Gasteiger partial charge is 0.469 e. The van der Waals surface area contributed by atoms with E-state index in [0.29, 0.717) is 18.4 Å². The number of hydrogen-bond donors (Lipinski definition) is 1. The van der Waals surface area contributed by atoms with Crippen LogP contribution in [0.5, 0.6) is 0 Å². The summed E-state index contributed by atoms with van der Waals surface area (Å²) in [5.74, 6) is 0.534. The van der Waals surface area contributed by atoms with Gasteiger partial charge in [-0.3, -0.25) is 4.79 Å².